The lowest BCUT2D eigenvalue weighted by atomic mass is 9.99. The van der Waals surface area contributed by atoms with Gasteiger partial charge in [0.05, 0.1) is 22.9 Å². The van der Waals surface area contributed by atoms with Crippen molar-refractivity contribution in [2.45, 2.75) is 26.0 Å². The predicted molar refractivity (Wildman–Crippen MR) is 92.6 cm³/mol. The molecule has 8 heteroatoms. The van der Waals surface area contributed by atoms with Crippen molar-refractivity contribution in [1.82, 2.24) is 19.7 Å². The Labute approximate surface area is 149 Å². The first-order chi connectivity index (χ1) is 12.7. The number of fused-ring (bicyclic) bond motifs is 1. The minimum Gasteiger partial charge on any atom is -0.372 e. The zero-order valence-corrected chi connectivity index (χ0v) is 14.3. The second-order valence-electron chi connectivity index (χ2n) is 6.30. The van der Waals surface area contributed by atoms with Crippen molar-refractivity contribution >= 4 is 16.9 Å². The van der Waals surface area contributed by atoms with E-state index < -0.39 is 11.6 Å². The van der Waals surface area contributed by atoms with Crippen molar-refractivity contribution < 1.29 is 13.5 Å². The van der Waals surface area contributed by atoms with Crippen LogP contribution in [-0.2, 0) is 11.3 Å². The highest BCUT2D eigenvalue weighted by molar-refractivity contribution is 5.75. The Morgan fingerprint density at radius 1 is 1.27 bits per heavy atom. The molecule has 6 nitrogen and oxygen atoms in total. The molecule has 1 N–H and O–H groups in total. The van der Waals surface area contributed by atoms with Gasteiger partial charge in [0.2, 0.25) is 0 Å². The number of nitrogens with one attached hydrogen (secondary N) is 1. The third kappa shape index (κ3) is 3.12. The molecule has 1 fully saturated rings. The molecule has 1 aromatic carbocycles. The van der Waals surface area contributed by atoms with Crippen LogP contribution in [0.5, 0.6) is 0 Å². The Bertz CT molecular complexity index is 929. The Hall–Kier alpha value is -2.61. The van der Waals surface area contributed by atoms with Crippen LogP contribution in [0.3, 0.4) is 0 Å². The molecule has 0 saturated carbocycles. The van der Waals surface area contributed by atoms with Crippen molar-refractivity contribution in [2.75, 3.05) is 18.5 Å². The van der Waals surface area contributed by atoms with E-state index in [1.807, 2.05) is 17.7 Å². The number of hydrogen-bond donors (Lipinski definition) is 1. The fraction of sp³-hybridized carbons (Fsp3) is 0.389. The zero-order valence-electron chi connectivity index (χ0n) is 14.3. The summed E-state index contributed by atoms with van der Waals surface area (Å²) in [4.78, 5) is 8.47. The summed E-state index contributed by atoms with van der Waals surface area (Å²) in [6.45, 7) is 4.18. The summed E-state index contributed by atoms with van der Waals surface area (Å²) in [7, 11) is 0. The SMILES string of the molecule is CCn1nccc1[C@@H]1OCC[C@H]1CNc1cnc2cc(F)c(F)cc2n1. The molecule has 3 aromatic rings. The zero-order chi connectivity index (χ0) is 18.1. The first kappa shape index (κ1) is 16.8. The van der Waals surface area contributed by atoms with Crippen LogP contribution in [0.15, 0.2) is 30.6 Å². The van der Waals surface area contributed by atoms with E-state index >= 15 is 0 Å². The van der Waals surface area contributed by atoms with Crippen molar-refractivity contribution in [3.63, 3.8) is 0 Å². The molecule has 0 spiro atoms. The lowest BCUT2D eigenvalue weighted by Crippen LogP contribution is -2.20. The largest absolute Gasteiger partial charge is 0.372 e. The highest BCUT2D eigenvalue weighted by Crippen LogP contribution is 2.34. The molecule has 0 amide bonds. The normalized spacial score (nSPS) is 20.0. The Morgan fingerprint density at radius 2 is 2.08 bits per heavy atom. The van der Waals surface area contributed by atoms with E-state index in [0.29, 0.717) is 30.0 Å². The predicted octanol–water partition coefficient (Wildman–Crippen LogP) is 3.31. The number of aryl methyl sites for hydroxylation is 1. The highest BCUT2D eigenvalue weighted by Gasteiger charge is 2.31. The number of hydrogen-bond acceptors (Lipinski definition) is 5. The molecule has 2 aromatic heterocycles. The molecule has 1 aliphatic rings. The van der Waals surface area contributed by atoms with E-state index in [9.17, 15) is 8.78 Å². The number of nitrogens with zero attached hydrogens (tertiary/aromatic N) is 4. The first-order valence-electron chi connectivity index (χ1n) is 8.64. The van der Waals surface area contributed by atoms with Gasteiger partial charge < -0.3 is 10.1 Å². The van der Waals surface area contributed by atoms with Gasteiger partial charge in [0.15, 0.2) is 11.6 Å². The second kappa shape index (κ2) is 6.95. The summed E-state index contributed by atoms with van der Waals surface area (Å²) in [6, 6.07) is 4.10. The van der Waals surface area contributed by atoms with Gasteiger partial charge in [-0.3, -0.25) is 9.67 Å². The summed E-state index contributed by atoms with van der Waals surface area (Å²) in [5, 5.41) is 7.55. The Kier molecular flexibility index (Phi) is 4.50. The van der Waals surface area contributed by atoms with Crippen LogP contribution in [0, 0.1) is 17.6 Å². The van der Waals surface area contributed by atoms with Gasteiger partial charge >= 0.3 is 0 Å². The van der Waals surface area contributed by atoms with Gasteiger partial charge in [0.25, 0.3) is 0 Å². The van der Waals surface area contributed by atoms with Crippen LogP contribution in [0.2, 0.25) is 0 Å². The van der Waals surface area contributed by atoms with Crippen LogP contribution < -0.4 is 5.32 Å². The molecule has 26 heavy (non-hydrogen) atoms. The minimum absolute atomic E-state index is 0.0232. The second-order valence-corrected chi connectivity index (χ2v) is 6.30. The smallest absolute Gasteiger partial charge is 0.161 e. The summed E-state index contributed by atoms with van der Waals surface area (Å²) in [5.41, 5.74) is 1.71. The van der Waals surface area contributed by atoms with E-state index in [4.69, 9.17) is 4.74 Å². The molecule has 0 radical (unpaired) electrons. The lowest BCUT2D eigenvalue weighted by Gasteiger charge is -2.20. The van der Waals surface area contributed by atoms with E-state index in [0.717, 1.165) is 30.8 Å². The summed E-state index contributed by atoms with van der Waals surface area (Å²) in [6.07, 6.45) is 4.21. The summed E-state index contributed by atoms with van der Waals surface area (Å²) < 4.78 is 34.5. The summed E-state index contributed by atoms with van der Waals surface area (Å²) in [5.74, 6) is -1.07. The highest BCUT2D eigenvalue weighted by atomic mass is 19.2. The fourth-order valence-electron chi connectivity index (χ4n) is 3.35. The molecular weight excluding hydrogens is 340 g/mol. The lowest BCUT2D eigenvalue weighted by molar-refractivity contribution is 0.0858. The fourth-order valence-corrected chi connectivity index (χ4v) is 3.35. The maximum atomic E-state index is 13.4. The molecule has 2 atom stereocenters. The molecule has 0 aliphatic carbocycles. The quantitative estimate of drug-likeness (QED) is 0.757. The van der Waals surface area contributed by atoms with Crippen molar-refractivity contribution in [1.29, 1.82) is 0 Å². The monoisotopic (exact) mass is 359 g/mol. The number of rotatable bonds is 5. The van der Waals surface area contributed by atoms with Gasteiger partial charge in [0.1, 0.15) is 11.9 Å². The third-order valence-corrected chi connectivity index (χ3v) is 4.68. The van der Waals surface area contributed by atoms with Crippen molar-refractivity contribution in [2.24, 2.45) is 5.92 Å². The van der Waals surface area contributed by atoms with E-state index in [1.165, 1.54) is 6.20 Å². The van der Waals surface area contributed by atoms with E-state index in [2.05, 4.69) is 20.4 Å². The van der Waals surface area contributed by atoms with Crippen molar-refractivity contribution in [3.05, 3.63) is 47.9 Å². The van der Waals surface area contributed by atoms with Gasteiger partial charge in [-0.1, -0.05) is 0 Å². The molecule has 1 aliphatic heterocycles. The van der Waals surface area contributed by atoms with Crippen molar-refractivity contribution in [3.8, 4) is 0 Å². The summed E-state index contributed by atoms with van der Waals surface area (Å²) >= 11 is 0. The number of anilines is 1. The molecule has 4 rings (SSSR count). The molecule has 0 unspecified atom stereocenters. The first-order valence-corrected chi connectivity index (χ1v) is 8.64. The van der Waals surface area contributed by atoms with Gasteiger partial charge in [-0.25, -0.2) is 13.8 Å². The number of aromatic nitrogens is 4. The molecule has 136 valence electrons. The van der Waals surface area contributed by atoms with Crippen LogP contribution in [0.25, 0.3) is 11.0 Å². The Balaban J connectivity index is 1.49. The molecular formula is C18H19F2N5O. The third-order valence-electron chi connectivity index (χ3n) is 4.68. The Morgan fingerprint density at radius 3 is 2.88 bits per heavy atom. The van der Waals surface area contributed by atoms with Gasteiger partial charge in [-0.2, -0.15) is 5.10 Å². The van der Waals surface area contributed by atoms with Crippen LogP contribution in [0.1, 0.15) is 25.1 Å². The van der Waals surface area contributed by atoms with Crippen LogP contribution >= 0.6 is 0 Å². The molecule has 1 saturated heterocycles. The average molecular weight is 359 g/mol. The number of benzene rings is 1. The van der Waals surface area contributed by atoms with Crippen LogP contribution in [0.4, 0.5) is 14.6 Å². The standard InChI is InChI=1S/C18H19F2N5O/c1-2-25-16(3-5-23-25)18-11(4-6-26-18)9-22-17-10-21-14-7-12(19)13(20)8-15(14)24-17/h3,5,7-8,10-11,18H,2,4,6,9H2,1H3,(H,22,24)/t11-,18+/m0/s1. The number of halogens is 2. The minimum atomic E-state index is -0.930. The maximum absolute atomic E-state index is 13.4. The van der Waals surface area contributed by atoms with Crippen LogP contribution in [-0.4, -0.2) is 32.9 Å². The van der Waals surface area contributed by atoms with E-state index in [1.54, 1.807) is 6.20 Å². The average Bonchev–Trinajstić information content (AvgIpc) is 3.29. The van der Waals surface area contributed by atoms with E-state index in [-0.39, 0.29) is 12.0 Å². The number of ether oxygens (including phenoxy) is 1. The van der Waals surface area contributed by atoms with Gasteiger partial charge in [0, 0.05) is 43.9 Å². The molecule has 0 bridgehead atoms. The maximum Gasteiger partial charge on any atom is 0.161 e. The van der Waals surface area contributed by atoms with Gasteiger partial charge in [-0.15, -0.1) is 0 Å². The topological polar surface area (TPSA) is 64.9 Å². The van der Waals surface area contributed by atoms with Gasteiger partial charge in [-0.05, 0) is 19.4 Å². The molecule has 3 heterocycles.